The lowest BCUT2D eigenvalue weighted by Crippen LogP contribution is -2.49. The Morgan fingerprint density at radius 1 is 0.977 bits per heavy atom. The van der Waals surface area contributed by atoms with Gasteiger partial charge in [0.15, 0.2) is 0 Å². The Morgan fingerprint density at radius 3 is 2.37 bits per heavy atom. The van der Waals surface area contributed by atoms with Crippen LogP contribution in [0.25, 0.3) is 0 Å². The van der Waals surface area contributed by atoms with E-state index in [-0.39, 0.29) is 29.4 Å². The molecule has 2 aromatic carbocycles. The molecule has 3 aromatic rings. The van der Waals surface area contributed by atoms with Gasteiger partial charge in [0.05, 0.1) is 17.9 Å². The number of likely N-dealkylation sites (N-methyl/N-ethyl adjacent to an activating group) is 2. The fourth-order valence-electron chi connectivity index (χ4n) is 5.09. The van der Waals surface area contributed by atoms with Crippen LogP contribution in [0.15, 0.2) is 59.1 Å². The lowest BCUT2D eigenvalue weighted by atomic mass is 10.0. The predicted octanol–water partition coefficient (Wildman–Crippen LogP) is 5.69. The molecule has 9 nitrogen and oxygen atoms in total. The minimum absolute atomic E-state index is 0.154. The van der Waals surface area contributed by atoms with Crippen molar-refractivity contribution in [3.8, 4) is 5.75 Å². The van der Waals surface area contributed by atoms with E-state index < -0.39 is 6.04 Å². The first kappa shape index (κ1) is 32.1. The molecule has 1 atom stereocenters. The highest BCUT2D eigenvalue weighted by atomic mass is 35.5. The molecule has 43 heavy (non-hydrogen) atoms. The third-order valence-corrected chi connectivity index (χ3v) is 8.00. The number of amides is 3. The van der Waals surface area contributed by atoms with Gasteiger partial charge in [0.25, 0.3) is 11.8 Å². The zero-order valence-corrected chi connectivity index (χ0v) is 26.2. The van der Waals surface area contributed by atoms with Crippen LogP contribution in [0.3, 0.4) is 0 Å². The second-order valence-electron chi connectivity index (χ2n) is 11.3. The molecule has 1 aliphatic rings. The van der Waals surface area contributed by atoms with E-state index in [4.69, 9.17) is 20.9 Å². The molecule has 3 amide bonds. The van der Waals surface area contributed by atoms with Gasteiger partial charge in [-0.2, -0.15) is 0 Å². The Balaban J connectivity index is 1.59. The van der Waals surface area contributed by atoms with E-state index in [0.717, 1.165) is 11.3 Å². The number of benzene rings is 2. The zero-order valence-electron chi connectivity index (χ0n) is 25.4. The molecule has 0 bridgehead atoms. The molecule has 0 radical (unpaired) electrons. The molecule has 1 aliphatic heterocycles. The molecule has 0 saturated heterocycles. The summed E-state index contributed by atoms with van der Waals surface area (Å²) >= 11 is 6.30. The number of nitrogens with zero attached hydrogens (tertiary/aromatic N) is 4. The zero-order chi connectivity index (χ0) is 30.9. The van der Waals surface area contributed by atoms with Crippen LogP contribution >= 0.6 is 11.6 Å². The summed E-state index contributed by atoms with van der Waals surface area (Å²) < 4.78 is 11.5. The lowest BCUT2D eigenvalue weighted by Gasteiger charge is -2.31. The molecular formula is C33H41ClN4O5. The van der Waals surface area contributed by atoms with Gasteiger partial charge in [-0.1, -0.05) is 60.9 Å². The van der Waals surface area contributed by atoms with Gasteiger partial charge in [0.1, 0.15) is 11.8 Å². The monoisotopic (exact) mass is 608 g/mol. The van der Waals surface area contributed by atoms with Gasteiger partial charge in [-0.25, -0.2) is 0 Å². The van der Waals surface area contributed by atoms with Crippen LogP contribution in [0.4, 0.5) is 0 Å². The smallest absolute Gasteiger partial charge is 0.292 e. The molecule has 0 saturated carbocycles. The van der Waals surface area contributed by atoms with E-state index in [0.29, 0.717) is 74.7 Å². The number of carbonyl (C=O) groups is 3. The number of carbonyl (C=O) groups excluding carboxylic acids is 3. The number of halogens is 1. The molecule has 230 valence electrons. The highest BCUT2D eigenvalue weighted by molar-refractivity contribution is 6.31. The first-order valence-electron chi connectivity index (χ1n) is 14.9. The standard InChI is InChI=1S/C33H41ClN4O5/c1-23(2)27-22-30(43-35-27)33(41)38-17-9-8-16-36(3)32(40)28(20-24-12-6-5-7-13-24)37(4)31(39)26-21-25(34)14-15-29(26)42-19-11-10-18-38/h5-7,12-15,21-23,28H,8-11,16-20H2,1-4H3/t28-/m0/s1. The van der Waals surface area contributed by atoms with E-state index in [2.05, 4.69) is 5.16 Å². The van der Waals surface area contributed by atoms with Crippen LogP contribution in [0.5, 0.6) is 5.75 Å². The topological polar surface area (TPSA) is 96.2 Å². The minimum Gasteiger partial charge on any atom is -0.493 e. The lowest BCUT2D eigenvalue weighted by molar-refractivity contribution is -0.134. The quantitative estimate of drug-likeness (QED) is 0.378. The Kier molecular flexibility index (Phi) is 11.2. The highest BCUT2D eigenvalue weighted by Crippen LogP contribution is 2.26. The SMILES string of the molecule is CC(C)c1cc(C(=O)N2CCCCOc3ccc(Cl)cc3C(=O)N(C)[C@@H](Cc3ccccc3)C(=O)N(C)CCCC2)on1. The number of hydrogen-bond donors (Lipinski definition) is 0. The van der Waals surface area contributed by atoms with Crippen molar-refractivity contribution in [2.75, 3.05) is 40.3 Å². The van der Waals surface area contributed by atoms with E-state index in [1.54, 1.807) is 48.2 Å². The molecule has 0 unspecified atom stereocenters. The van der Waals surface area contributed by atoms with Crippen molar-refractivity contribution in [2.45, 2.75) is 57.9 Å². The predicted molar refractivity (Wildman–Crippen MR) is 166 cm³/mol. The van der Waals surface area contributed by atoms with Crippen LogP contribution in [0.2, 0.25) is 5.02 Å². The van der Waals surface area contributed by atoms with E-state index >= 15 is 0 Å². The van der Waals surface area contributed by atoms with Crippen LogP contribution in [-0.2, 0) is 11.2 Å². The Bertz CT molecular complexity index is 1390. The largest absolute Gasteiger partial charge is 0.493 e. The van der Waals surface area contributed by atoms with Gasteiger partial charge < -0.3 is 24.0 Å². The van der Waals surface area contributed by atoms with Gasteiger partial charge in [0, 0.05) is 51.2 Å². The van der Waals surface area contributed by atoms with Gasteiger partial charge in [-0.3, -0.25) is 14.4 Å². The van der Waals surface area contributed by atoms with Gasteiger partial charge >= 0.3 is 0 Å². The Morgan fingerprint density at radius 2 is 1.67 bits per heavy atom. The maximum absolute atomic E-state index is 13.8. The van der Waals surface area contributed by atoms with Crippen molar-refractivity contribution in [3.63, 3.8) is 0 Å². The first-order chi connectivity index (χ1) is 20.7. The number of fused-ring (bicyclic) bond motifs is 1. The molecule has 0 aliphatic carbocycles. The van der Waals surface area contributed by atoms with Gasteiger partial charge in [0.2, 0.25) is 11.7 Å². The molecule has 2 heterocycles. The van der Waals surface area contributed by atoms with Crippen LogP contribution in [0, 0.1) is 0 Å². The molecule has 10 heteroatoms. The normalized spacial score (nSPS) is 17.9. The van der Waals surface area contributed by atoms with Crippen LogP contribution < -0.4 is 4.74 Å². The second-order valence-corrected chi connectivity index (χ2v) is 11.8. The fraction of sp³-hybridized carbons (Fsp3) is 0.455. The van der Waals surface area contributed by atoms with Gasteiger partial charge in [-0.05, 0) is 55.4 Å². The summed E-state index contributed by atoms with van der Waals surface area (Å²) in [4.78, 5) is 46.0. The molecule has 1 aromatic heterocycles. The molecule has 0 fully saturated rings. The van der Waals surface area contributed by atoms with Crippen molar-refractivity contribution in [3.05, 3.63) is 82.2 Å². The molecular weight excluding hydrogens is 568 g/mol. The van der Waals surface area contributed by atoms with Crippen molar-refractivity contribution in [1.82, 2.24) is 19.9 Å². The third-order valence-electron chi connectivity index (χ3n) is 7.76. The van der Waals surface area contributed by atoms with Crippen molar-refractivity contribution < 1.29 is 23.6 Å². The summed E-state index contributed by atoms with van der Waals surface area (Å²) in [6.07, 6.45) is 3.12. The Labute approximate surface area is 258 Å². The summed E-state index contributed by atoms with van der Waals surface area (Å²) in [6.45, 7) is 5.87. The second kappa shape index (κ2) is 15.0. The van der Waals surface area contributed by atoms with Crippen molar-refractivity contribution in [1.29, 1.82) is 0 Å². The summed E-state index contributed by atoms with van der Waals surface area (Å²) in [6, 6.07) is 15.6. The fourth-order valence-corrected chi connectivity index (χ4v) is 5.26. The number of aromatic nitrogens is 1. The maximum Gasteiger partial charge on any atom is 0.292 e. The van der Waals surface area contributed by atoms with Gasteiger partial charge in [-0.15, -0.1) is 0 Å². The van der Waals surface area contributed by atoms with Crippen molar-refractivity contribution >= 4 is 29.3 Å². The molecule has 4 rings (SSSR count). The maximum atomic E-state index is 13.8. The average molecular weight is 609 g/mol. The average Bonchev–Trinajstić information content (AvgIpc) is 3.51. The third kappa shape index (κ3) is 8.38. The first-order valence-corrected chi connectivity index (χ1v) is 15.3. The number of hydrogen-bond acceptors (Lipinski definition) is 6. The summed E-state index contributed by atoms with van der Waals surface area (Å²) in [5.74, 6) is 0.0899. The number of rotatable bonds is 4. The minimum atomic E-state index is -0.734. The van der Waals surface area contributed by atoms with Crippen LogP contribution in [-0.4, -0.2) is 84.0 Å². The summed E-state index contributed by atoms with van der Waals surface area (Å²) in [7, 11) is 3.41. The van der Waals surface area contributed by atoms with E-state index in [1.165, 1.54) is 4.90 Å². The van der Waals surface area contributed by atoms with Crippen LogP contribution in [0.1, 0.15) is 77.6 Å². The molecule has 0 spiro atoms. The highest BCUT2D eigenvalue weighted by Gasteiger charge is 2.32. The molecule has 0 N–H and O–H groups in total. The summed E-state index contributed by atoms with van der Waals surface area (Å²) in [5, 5.41) is 4.46. The van der Waals surface area contributed by atoms with E-state index in [1.807, 2.05) is 44.2 Å². The van der Waals surface area contributed by atoms with Crippen molar-refractivity contribution in [2.24, 2.45) is 0 Å². The number of ether oxygens (including phenoxy) is 1. The van der Waals surface area contributed by atoms with E-state index in [9.17, 15) is 14.4 Å². The summed E-state index contributed by atoms with van der Waals surface area (Å²) in [5.41, 5.74) is 1.99. The Hall–Kier alpha value is -3.85.